The highest BCUT2D eigenvalue weighted by atomic mass is 32.2. The number of aliphatic hydroxyl groups excluding tert-OH is 1. The van der Waals surface area contributed by atoms with Crippen molar-refractivity contribution in [3.8, 4) is 0 Å². The number of hydrogen-bond acceptors (Lipinski definition) is 4. The Morgan fingerprint density at radius 1 is 1.38 bits per heavy atom. The third-order valence-electron chi connectivity index (χ3n) is 4.47. The molecule has 1 heterocycles. The van der Waals surface area contributed by atoms with Gasteiger partial charge in [-0.2, -0.15) is 0 Å². The lowest BCUT2D eigenvalue weighted by molar-refractivity contribution is 0.0367. The maximum Gasteiger partial charge on any atom is 0.243 e. The van der Waals surface area contributed by atoms with E-state index in [0.717, 1.165) is 30.6 Å². The highest BCUT2D eigenvalue weighted by molar-refractivity contribution is 7.89. The number of aliphatic hydroxyl groups is 1. The molecule has 5 nitrogen and oxygen atoms in total. The van der Waals surface area contributed by atoms with Crippen LogP contribution in [0.5, 0.6) is 0 Å². The number of sulfonamides is 1. The monoisotopic (exact) mass is 310 g/mol. The van der Waals surface area contributed by atoms with Crippen LogP contribution in [-0.2, 0) is 16.4 Å². The average Bonchev–Trinajstić information content (AvgIpc) is 2.44. The van der Waals surface area contributed by atoms with Gasteiger partial charge in [0, 0.05) is 25.8 Å². The Hall–Kier alpha value is -1.11. The first kappa shape index (κ1) is 14.8. The van der Waals surface area contributed by atoms with Crippen LogP contribution in [0.1, 0.15) is 24.8 Å². The zero-order valence-corrected chi connectivity index (χ0v) is 13.1. The zero-order chi connectivity index (χ0) is 15.0. The predicted octanol–water partition coefficient (Wildman–Crippen LogP) is 1.44. The summed E-state index contributed by atoms with van der Waals surface area (Å²) in [5, 5.41) is 12.6. The van der Waals surface area contributed by atoms with Crippen LogP contribution in [0.2, 0.25) is 0 Å². The van der Waals surface area contributed by atoms with Gasteiger partial charge in [-0.05, 0) is 49.3 Å². The predicted molar refractivity (Wildman–Crippen MR) is 81.8 cm³/mol. The molecule has 2 N–H and O–H groups in total. The Bertz CT molecular complexity index is 624. The number of hydrogen-bond donors (Lipinski definition) is 2. The fraction of sp³-hybridized carbons (Fsp3) is 0.600. The van der Waals surface area contributed by atoms with Gasteiger partial charge < -0.3 is 10.4 Å². The Balaban J connectivity index is 1.84. The number of benzene rings is 1. The Morgan fingerprint density at radius 3 is 2.86 bits per heavy atom. The molecule has 0 saturated heterocycles. The first-order valence-corrected chi connectivity index (χ1v) is 8.92. The van der Waals surface area contributed by atoms with Gasteiger partial charge in [-0.3, -0.25) is 0 Å². The number of fused-ring (bicyclic) bond motifs is 1. The third kappa shape index (κ3) is 2.80. The summed E-state index contributed by atoms with van der Waals surface area (Å²) >= 11 is 0. The molecule has 116 valence electrons. The van der Waals surface area contributed by atoms with Crippen LogP contribution in [0.15, 0.2) is 23.1 Å². The van der Waals surface area contributed by atoms with Gasteiger partial charge in [0.05, 0.1) is 11.0 Å². The van der Waals surface area contributed by atoms with Crippen LogP contribution < -0.4 is 5.32 Å². The van der Waals surface area contributed by atoms with Crippen molar-refractivity contribution in [2.45, 2.75) is 36.7 Å². The van der Waals surface area contributed by atoms with Crippen molar-refractivity contribution >= 4 is 15.7 Å². The lowest BCUT2D eigenvalue weighted by Gasteiger charge is -2.34. The van der Waals surface area contributed by atoms with Gasteiger partial charge in [0.25, 0.3) is 0 Å². The molecule has 0 radical (unpaired) electrons. The van der Waals surface area contributed by atoms with Gasteiger partial charge >= 0.3 is 0 Å². The highest BCUT2D eigenvalue weighted by Crippen LogP contribution is 2.32. The summed E-state index contributed by atoms with van der Waals surface area (Å²) in [5.41, 5.74) is 1.85. The summed E-state index contributed by atoms with van der Waals surface area (Å²) in [6.07, 6.45) is 2.91. The second kappa shape index (κ2) is 5.59. The minimum atomic E-state index is -3.46. The molecular formula is C15H22N2O3S. The van der Waals surface area contributed by atoms with Crippen molar-refractivity contribution in [1.82, 2.24) is 4.31 Å². The van der Waals surface area contributed by atoms with Gasteiger partial charge in [-0.15, -0.1) is 0 Å². The van der Waals surface area contributed by atoms with E-state index in [2.05, 4.69) is 5.32 Å². The van der Waals surface area contributed by atoms with Crippen LogP contribution in [-0.4, -0.2) is 44.1 Å². The summed E-state index contributed by atoms with van der Waals surface area (Å²) in [5.74, 6) is 0.275. The standard InChI is InChI=1S/C15H22N2O3S/c1-17(10-11-8-12(18)9-11)21(19,20)15-6-2-5-14-13(15)4-3-7-16-14/h2,5-6,11-12,16,18H,3-4,7-10H2,1H3. The van der Waals surface area contributed by atoms with Crippen molar-refractivity contribution in [3.63, 3.8) is 0 Å². The van der Waals surface area contributed by atoms with Gasteiger partial charge in [0.1, 0.15) is 0 Å². The molecule has 1 saturated carbocycles. The molecular weight excluding hydrogens is 288 g/mol. The maximum atomic E-state index is 12.8. The number of nitrogens with zero attached hydrogens (tertiary/aromatic N) is 1. The van der Waals surface area contributed by atoms with Crippen molar-refractivity contribution in [3.05, 3.63) is 23.8 Å². The fourth-order valence-corrected chi connectivity index (χ4v) is 4.72. The molecule has 0 atom stereocenters. The van der Waals surface area contributed by atoms with Gasteiger partial charge in [-0.1, -0.05) is 6.07 Å². The lowest BCUT2D eigenvalue weighted by atomic mass is 9.82. The minimum Gasteiger partial charge on any atom is -0.393 e. The molecule has 1 fully saturated rings. The van der Waals surface area contributed by atoms with E-state index in [1.165, 1.54) is 4.31 Å². The van der Waals surface area contributed by atoms with E-state index < -0.39 is 10.0 Å². The van der Waals surface area contributed by atoms with E-state index in [1.54, 1.807) is 19.2 Å². The van der Waals surface area contributed by atoms with Crippen molar-refractivity contribution in [2.75, 3.05) is 25.5 Å². The van der Waals surface area contributed by atoms with E-state index in [4.69, 9.17) is 0 Å². The molecule has 3 rings (SSSR count). The number of anilines is 1. The summed E-state index contributed by atoms with van der Waals surface area (Å²) in [4.78, 5) is 0.426. The molecule has 0 aromatic heterocycles. The summed E-state index contributed by atoms with van der Waals surface area (Å²) in [6.45, 7) is 1.38. The highest BCUT2D eigenvalue weighted by Gasteiger charge is 2.33. The normalized spacial score (nSPS) is 25.1. The van der Waals surface area contributed by atoms with Gasteiger partial charge in [0.2, 0.25) is 10.0 Å². The van der Waals surface area contributed by atoms with Gasteiger partial charge in [0.15, 0.2) is 0 Å². The maximum absolute atomic E-state index is 12.8. The quantitative estimate of drug-likeness (QED) is 0.883. The first-order chi connectivity index (χ1) is 9.98. The van der Waals surface area contributed by atoms with E-state index in [9.17, 15) is 13.5 Å². The number of rotatable bonds is 4. The second-order valence-electron chi connectivity index (χ2n) is 6.09. The fourth-order valence-electron chi connectivity index (χ4n) is 3.20. The summed E-state index contributed by atoms with van der Waals surface area (Å²) in [6, 6.07) is 5.44. The topological polar surface area (TPSA) is 69.6 Å². The summed E-state index contributed by atoms with van der Waals surface area (Å²) < 4.78 is 27.0. The van der Waals surface area contributed by atoms with Crippen molar-refractivity contribution < 1.29 is 13.5 Å². The molecule has 21 heavy (non-hydrogen) atoms. The van der Waals surface area contributed by atoms with Crippen LogP contribution in [0.25, 0.3) is 0 Å². The molecule has 0 amide bonds. The summed E-state index contributed by atoms with van der Waals surface area (Å²) in [7, 11) is -1.82. The third-order valence-corrected chi connectivity index (χ3v) is 6.37. The van der Waals surface area contributed by atoms with Crippen LogP contribution >= 0.6 is 0 Å². The SMILES string of the molecule is CN(CC1CC(O)C1)S(=O)(=O)c1cccc2c1CCCN2. The molecule has 1 aliphatic heterocycles. The molecule has 1 aromatic rings. The second-order valence-corrected chi connectivity index (χ2v) is 8.10. The van der Waals surface area contributed by atoms with E-state index in [1.807, 2.05) is 6.07 Å². The average molecular weight is 310 g/mol. The smallest absolute Gasteiger partial charge is 0.243 e. The van der Waals surface area contributed by atoms with E-state index in [0.29, 0.717) is 24.3 Å². The minimum absolute atomic E-state index is 0.250. The van der Waals surface area contributed by atoms with E-state index >= 15 is 0 Å². The van der Waals surface area contributed by atoms with Crippen molar-refractivity contribution in [2.24, 2.45) is 5.92 Å². The molecule has 1 aliphatic carbocycles. The molecule has 6 heteroatoms. The van der Waals surface area contributed by atoms with Crippen LogP contribution in [0.4, 0.5) is 5.69 Å². The number of nitrogens with one attached hydrogen (secondary N) is 1. The molecule has 2 aliphatic rings. The molecule has 1 aromatic carbocycles. The van der Waals surface area contributed by atoms with E-state index in [-0.39, 0.29) is 12.0 Å². The van der Waals surface area contributed by atoms with Crippen molar-refractivity contribution in [1.29, 1.82) is 0 Å². The Morgan fingerprint density at radius 2 is 2.14 bits per heavy atom. The molecule has 0 bridgehead atoms. The first-order valence-electron chi connectivity index (χ1n) is 7.48. The Labute approximate surface area is 126 Å². The molecule has 0 unspecified atom stereocenters. The lowest BCUT2D eigenvalue weighted by Crippen LogP contribution is -2.39. The van der Waals surface area contributed by atoms with Crippen LogP contribution in [0, 0.1) is 5.92 Å². The molecule has 0 spiro atoms. The Kier molecular flexibility index (Phi) is 3.94. The van der Waals surface area contributed by atoms with Crippen LogP contribution in [0.3, 0.4) is 0 Å². The van der Waals surface area contributed by atoms with Gasteiger partial charge in [-0.25, -0.2) is 12.7 Å². The zero-order valence-electron chi connectivity index (χ0n) is 12.2. The largest absolute Gasteiger partial charge is 0.393 e.